The third kappa shape index (κ3) is 4.52. The monoisotopic (exact) mass is 501 g/mol. The fourth-order valence-corrected chi connectivity index (χ4v) is 4.70. The quantitative estimate of drug-likeness (QED) is 0.561. The molecular weight excluding hydrogens is 472 g/mol. The summed E-state index contributed by atoms with van der Waals surface area (Å²) < 4.78 is 34.6. The lowest BCUT2D eigenvalue weighted by molar-refractivity contribution is -0.133. The number of amides is 2. The maximum atomic E-state index is 14.0. The summed E-state index contributed by atoms with van der Waals surface area (Å²) in [6.07, 6.45) is 3.05. The van der Waals surface area contributed by atoms with Crippen molar-refractivity contribution in [3.8, 4) is 5.75 Å². The van der Waals surface area contributed by atoms with Crippen molar-refractivity contribution in [1.82, 2.24) is 14.8 Å². The van der Waals surface area contributed by atoms with Gasteiger partial charge in [-0.25, -0.2) is 8.78 Å². The van der Waals surface area contributed by atoms with E-state index >= 15 is 0 Å². The number of halogens is 2. The summed E-state index contributed by atoms with van der Waals surface area (Å²) >= 11 is 0. The van der Waals surface area contributed by atoms with Crippen LogP contribution in [0.25, 0.3) is 0 Å². The molecule has 2 heterocycles. The SMILES string of the molecule is CCCCOc1c2n(cc(C(=O)NCc3ccc(F)cc3F)c1=O)C1(CC(=O)C1)CN(C(C)C)C2=O. The molecule has 2 aliphatic rings. The van der Waals surface area contributed by atoms with E-state index in [4.69, 9.17) is 4.74 Å². The smallest absolute Gasteiger partial charge is 0.274 e. The number of carbonyl (C=O) groups excluding carboxylic acids is 3. The highest BCUT2D eigenvalue weighted by atomic mass is 19.1. The van der Waals surface area contributed by atoms with E-state index in [9.17, 15) is 28.0 Å². The molecule has 2 amide bonds. The Morgan fingerprint density at radius 3 is 2.53 bits per heavy atom. The Hall–Kier alpha value is -3.56. The molecule has 1 N–H and O–H groups in total. The zero-order valence-corrected chi connectivity index (χ0v) is 20.5. The topological polar surface area (TPSA) is 97.7 Å². The molecule has 1 fully saturated rings. The Morgan fingerprint density at radius 1 is 1.19 bits per heavy atom. The molecule has 1 aliphatic carbocycles. The van der Waals surface area contributed by atoms with Crippen LogP contribution in [0.1, 0.15) is 72.9 Å². The summed E-state index contributed by atoms with van der Waals surface area (Å²) in [5.74, 6) is -2.97. The van der Waals surface area contributed by atoms with Gasteiger partial charge in [0, 0.05) is 49.8 Å². The van der Waals surface area contributed by atoms with Crippen LogP contribution in [0, 0.1) is 11.6 Å². The number of Topliss-reactive ketones (excluding diaryl/α,β-unsaturated/α-hetero) is 1. The highest BCUT2D eigenvalue weighted by molar-refractivity contribution is 6.00. The molecule has 0 unspecified atom stereocenters. The third-order valence-electron chi connectivity index (χ3n) is 6.72. The highest BCUT2D eigenvalue weighted by Crippen LogP contribution is 2.43. The van der Waals surface area contributed by atoms with Crippen LogP contribution in [0.5, 0.6) is 5.75 Å². The molecule has 192 valence electrons. The van der Waals surface area contributed by atoms with Crippen molar-refractivity contribution < 1.29 is 27.9 Å². The van der Waals surface area contributed by atoms with Gasteiger partial charge in [0.15, 0.2) is 11.4 Å². The standard InChI is InChI=1S/C26H29F2N3O5/c1-4-5-8-36-23-21-25(35)30(15(2)3)14-26(10-18(32)11-26)31(21)13-19(22(23)33)24(34)29-12-16-6-7-17(27)9-20(16)28/h6-7,9,13,15H,4-5,8,10-12,14H2,1-3H3,(H,29,34). The van der Waals surface area contributed by atoms with Crippen LogP contribution in [-0.4, -0.2) is 46.3 Å². The normalized spacial score (nSPS) is 16.2. The summed E-state index contributed by atoms with van der Waals surface area (Å²) in [6, 6.07) is 2.81. The predicted molar refractivity (Wildman–Crippen MR) is 127 cm³/mol. The molecule has 10 heteroatoms. The second-order valence-corrected chi connectivity index (χ2v) is 9.68. The number of benzene rings is 1. The molecular formula is C26H29F2N3O5. The molecule has 36 heavy (non-hydrogen) atoms. The second-order valence-electron chi connectivity index (χ2n) is 9.68. The van der Waals surface area contributed by atoms with Crippen molar-refractivity contribution in [2.24, 2.45) is 0 Å². The lowest BCUT2D eigenvalue weighted by Gasteiger charge is -2.51. The molecule has 4 rings (SSSR count). The molecule has 1 aromatic carbocycles. The minimum absolute atomic E-state index is 0.0175. The molecule has 0 atom stereocenters. The number of pyridine rings is 1. The summed E-state index contributed by atoms with van der Waals surface area (Å²) in [5.41, 5.74) is -1.73. The molecule has 1 spiro atoms. The Balaban J connectivity index is 1.78. The van der Waals surface area contributed by atoms with Gasteiger partial charge in [0.25, 0.3) is 11.8 Å². The number of hydrogen-bond acceptors (Lipinski definition) is 5. The molecule has 0 saturated heterocycles. The van der Waals surface area contributed by atoms with Crippen molar-refractivity contribution in [1.29, 1.82) is 0 Å². The number of aromatic nitrogens is 1. The van der Waals surface area contributed by atoms with Crippen LogP contribution in [0.15, 0.2) is 29.2 Å². The van der Waals surface area contributed by atoms with Gasteiger partial charge in [-0.2, -0.15) is 0 Å². The van der Waals surface area contributed by atoms with Crippen LogP contribution in [-0.2, 0) is 16.9 Å². The minimum Gasteiger partial charge on any atom is -0.487 e. The lowest BCUT2D eigenvalue weighted by atomic mass is 9.73. The summed E-state index contributed by atoms with van der Waals surface area (Å²) in [7, 11) is 0. The molecule has 0 bridgehead atoms. The largest absolute Gasteiger partial charge is 0.487 e. The van der Waals surface area contributed by atoms with E-state index in [-0.39, 0.29) is 66.9 Å². The number of rotatable bonds is 8. The highest BCUT2D eigenvalue weighted by Gasteiger charge is 2.53. The zero-order valence-electron chi connectivity index (χ0n) is 20.5. The Bertz CT molecular complexity index is 1280. The van der Waals surface area contributed by atoms with E-state index in [2.05, 4.69) is 5.32 Å². The van der Waals surface area contributed by atoms with Gasteiger partial charge in [-0.15, -0.1) is 0 Å². The number of carbonyl (C=O) groups is 3. The average Bonchev–Trinajstić information content (AvgIpc) is 2.80. The van der Waals surface area contributed by atoms with Crippen molar-refractivity contribution >= 4 is 17.6 Å². The van der Waals surface area contributed by atoms with Crippen molar-refractivity contribution in [3.05, 3.63) is 63.1 Å². The maximum Gasteiger partial charge on any atom is 0.274 e. The number of nitrogens with one attached hydrogen (secondary N) is 1. The van der Waals surface area contributed by atoms with Gasteiger partial charge in [-0.3, -0.25) is 19.2 Å². The van der Waals surface area contributed by atoms with Gasteiger partial charge < -0.3 is 19.5 Å². The molecule has 0 radical (unpaired) electrons. The first kappa shape index (κ1) is 25.5. The van der Waals surface area contributed by atoms with E-state index in [0.29, 0.717) is 12.5 Å². The Kier molecular flexibility index (Phi) is 6.97. The van der Waals surface area contributed by atoms with Gasteiger partial charge in [-0.05, 0) is 26.3 Å². The predicted octanol–water partition coefficient (Wildman–Crippen LogP) is 3.16. The van der Waals surface area contributed by atoms with Crippen LogP contribution < -0.4 is 15.5 Å². The van der Waals surface area contributed by atoms with E-state index < -0.39 is 34.4 Å². The van der Waals surface area contributed by atoms with Gasteiger partial charge >= 0.3 is 0 Å². The van der Waals surface area contributed by atoms with E-state index in [1.165, 1.54) is 12.3 Å². The number of nitrogens with zero attached hydrogens (tertiary/aromatic N) is 2. The third-order valence-corrected chi connectivity index (χ3v) is 6.72. The average molecular weight is 502 g/mol. The summed E-state index contributed by atoms with van der Waals surface area (Å²) in [4.78, 5) is 53.7. The summed E-state index contributed by atoms with van der Waals surface area (Å²) in [6.45, 7) is 5.82. The number of unbranched alkanes of at least 4 members (excludes halogenated alkanes) is 1. The van der Waals surface area contributed by atoms with Gasteiger partial charge in [0.2, 0.25) is 5.43 Å². The fourth-order valence-electron chi connectivity index (χ4n) is 4.70. The van der Waals surface area contributed by atoms with Crippen molar-refractivity contribution in [3.63, 3.8) is 0 Å². The van der Waals surface area contributed by atoms with Crippen LogP contribution in [0.3, 0.4) is 0 Å². The van der Waals surface area contributed by atoms with E-state index in [1.807, 2.05) is 20.8 Å². The fraction of sp³-hybridized carbons (Fsp3) is 0.462. The molecule has 1 saturated carbocycles. The van der Waals surface area contributed by atoms with Gasteiger partial charge in [0.05, 0.1) is 12.1 Å². The maximum absolute atomic E-state index is 14.0. The number of ketones is 1. The van der Waals surface area contributed by atoms with Crippen LogP contribution in [0.2, 0.25) is 0 Å². The first-order valence-corrected chi connectivity index (χ1v) is 12.1. The molecule has 1 aliphatic heterocycles. The van der Waals surface area contributed by atoms with Crippen LogP contribution in [0.4, 0.5) is 8.78 Å². The molecule has 8 nitrogen and oxygen atoms in total. The first-order valence-electron chi connectivity index (χ1n) is 12.1. The number of fused-ring (bicyclic) bond motifs is 2. The summed E-state index contributed by atoms with van der Waals surface area (Å²) in [5, 5.41) is 2.50. The Morgan fingerprint density at radius 2 is 1.92 bits per heavy atom. The molecule has 2 aromatic rings. The van der Waals surface area contributed by atoms with Crippen LogP contribution >= 0.6 is 0 Å². The van der Waals surface area contributed by atoms with Gasteiger partial charge in [0.1, 0.15) is 23.0 Å². The Labute approximate surface area is 207 Å². The van der Waals surface area contributed by atoms with Gasteiger partial charge in [-0.1, -0.05) is 19.4 Å². The number of ether oxygens (including phenoxy) is 1. The van der Waals surface area contributed by atoms with E-state index in [1.54, 1.807) is 9.47 Å². The second kappa shape index (κ2) is 9.83. The van der Waals surface area contributed by atoms with E-state index in [0.717, 1.165) is 12.5 Å². The van der Waals surface area contributed by atoms with Crippen molar-refractivity contribution in [2.45, 2.75) is 64.6 Å². The molecule has 1 aromatic heterocycles. The lowest BCUT2D eigenvalue weighted by Crippen LogP contribution is -2.62. The zero-order chi connectivity index (χ0) is 26.2. The van der Waals surface area contributed by atoms with Crippen molar-refractivity contribution in [2.75, 3.05) is 13.2 Å². The number of hydrogen-bond donors (Lipinski definition) is 1. The minimum atomic E-state index is -0.827. The first-order chi connectivity index (χ1) is 17.1.